The largest absolute Gasteiger partial charge is 0.478 e. The molecule has 7 nitrogen and oxygen atoms in total. The summed E-state index contributed by atoms with van der Waals surface area (Å²) in [7, 11) is 0. The molecule has 2 aliphatic heterocycles. The molecule has 0 aromatic carbocycles. The lowest BCUT2D eigenvalue weighted by atomic mass is 10.1. The fourth-order valence-corrected chi connectivity index (χ4v) is 2.98. The predicted octanol–water partition coefficient (Wildman–Crippen LogP) is 1.09. The van der Waals surface area contributed by atoms with Gasteiger partial charge in [0.15, 0.2) is 0 Å². The first-order valence-corrected chi connectivity index (χ1v) is 8.39. The van der Waals surface area contributed by atoms with Crippen LogP contribution in [0.5, 0.6) is 5.88 Å². The van der Waals surface area contributed by atoms with E-state index in [4.69, 9.17) is 9.47 Å². The van der Waals surface area contributed by atoms with Crippen LogP contribution in [0.2, 0.25) is 0 Å². The second kappa shape index (κ2) is 7.59. The minimum atomic E-state index is -0.243. The quantitative estimate of drug-likeness (QED) is 0.827. The number of aromatic nitrogens is 2. The van der Waals surface area contributed by atoms with Gasteiger partial charge in [-0.3, -0.25) is 4.79 Å². The highest BCUT2D eigenvalue weighted by molar-refractivity contribution is 5.81. The Morgan fingerprint density at radius 2 is 2.17 bits per heavy atom. The average Bonchev–Trinajstić information content (AvgIpc) is 2.62. The van der Waals surface area contributed by atoms with Gasteiger partial charge in [0.05, 0.1) is 6.61 Å². The van der Waals surface area contributed by atoms with Crippen molar-refractivity contribution in [2.45, 2.75) is 32.3 Å². The van der Waals surface area contributed by atoms with Crippen LogP contribution in [0.15, 0.2) is 12.3 Å². The van der Waals surface area contributed by atoms with E-state index >= 15 is 0 Å². The number of carbonyl (C=O) groups is 1. The molecule has 2 saturated heterocycles. The van der Waals surface area contributed by atoms with Crippen LogP contribution in [0.3, 0.4) is 0 Å². The first kappa shape index (κ1) is 16.0. The Kier molecular flexibility index (Phi) is 5.27. The molecule has 1 aromatic heterocycles. The molecule has 0 saturated carbocycles. The van der Waals surface area contributed by atoms with Crippen molar-refractivity contribution in [3.63, 3.8) is 0 Å². The van der Waals surface area contributed by atoms with Crippen LogP contribution in [-0.2, 0) is 9.53 Å². The van der Waals surface area contributed by atoms with Crippen LogP contribution in [-0.4, -0.2) is 66.3 Å². The van der Waals surface area contributed by atoms with Gasteiger partial charge in [-0.05, 0) is 26.2 Å². The highest BCUT2D eigenvalue weighted by Gasteiger charge is 2.29. The van der Waals surface area contributed by atoms with Crippen molar-refractivity contribution in [1.29, 1.82) is 0 Å². The van der Waals surface area contributed by atoms with Crippen molar-refractivity contribution in [3.05, 3.63) is 12.3 Å². The fourth-order valence-electron chi connectivity index (χ4n) is 2.98. The summed E-state index contributed by atoms with van der Waals surface area (Å²) in [5.41, 5.74) is 0. The Morgan fingerprint density at radius 3 is 2.87 bits per heavy atom. The number of anilines is 1. The predicted molar refractivity (Wildman–Crippen MR) is 85.6 cm³/mol. The standard InChI is InChI=1S/C16H24N4O3/c1-2-22-14-6-7-17-16(18-14)20-10-8-19(9-11-20)15(21)13-5-3-4-12-23-13/h6-7,13H,2-5,8-12H2,1H3. The van der Waals surface area contributed by atoms with Crippen LogP contribution in [0.4, 0.5) is 5.95 Å². The molecule has 1 aromatic rings. The highest BCUT2D eigenvalue weighted by atomic mass is 16.5. The Bertz CT molecular complexity index is 526. The molecule has 0 aliphatic carbocycles. The van der Waals surface area contributed by atoms with E-state index in [-0.39, 0.29) is 12.0 Å². The third-order valence-corrected chi connectivity index (χ3v) is 4.24. The summed E-state index contributed by atoms with van der Waals surface area (Å²) in [5, 5.41) is 0. The van der Waals surface area contributed by atoms with Crippen molar-refractivity contribution in [2.75, 3.05) is 44.3 Å². The molecule has 23 heavy (non-hydrogen) atoms. The molecular formula is C16H24N4O3. The monoisotopic (exact) mass is 320 g/mol. The smallest absolute Gasteiger partial charge is 0.251 e. The van der Waals surface area contributed by atoms with E-state index in [1.807, 2.05) is 11.8 Å². The first-order valence-electron chi connectivity index (χ1n) is 8.39. The molecule has 0 N–H and O–H groups in total. The van der Waals surface area contributed by atoms with Gasteiger partial charge in [0, 0.05) is 45.0 Å². The molecule has 0 radical (unpaired) electrons. The summed E-state index contributed by atoms with van der Waals surface area (Å²) in [5.74, 6) is 1.39. The van der Waals surface area contributed by atoms with E-state index in [0.717, 1.165) is 32.4 Å². The summed E-state index contributed by atoms with van der Waals surface area (Å²) in [6.45, 7) is 6.04. The van der Waals surface area contributed by atoms with Crippen molar-refractivity contribution in [1.82, 2.24) is 14.9 Å². The van der Waals surface area contributed by atoms with E-state index in [1.165, 1.54) is 0 Å². The summed E-state index contributed by atoms with van der Waals surface area (Å²) >= 11 is 0. The third kappa shape index (κ3) is 3.90. The van der Waals surface area contributed by atoms with Gasteiger partial charge in [0.2, 0.25) is 11.8 Å². The van der Waals surface area contributed by atoms with E-state index < -0.39 is 0 Å². The van der Waals surface area contributed by atoms with Gasteiger partial charge < -0.3 is 19.3 Å². The topological polar surface area (TPSA) is 67.8 Å². The third-order valence-electron chi connectivity index (χ3n) is 4.24. The number of hydrogen-bond donors (Lipinski definition) is 0. The molecule has 2 fully saturated rings. The minimum Gasteiger partial charge on any atom is -0.478 e. The lowest BCUT2D eigenvalue weighted by molar-refractivity contribution is -0.146. The maximum absolute atomic E-state index is 12.5. The Morgan fingerprint density at radius 1 is 1.35 bits per heavy atom. The number of piperazine rings is 1. The zero-order valence-electron chi connectivity index (χ0n) is 13.6. The van der Waals surface area contributed by atoms with Crippen LogP contribution in [0.25, 0.3) is 0 Å². The van der Waals surface area contributed by atoms with E-state index in [0.29, 0.717) is 38.1 Å². The molecule has 1 unspecified atom stereocenters. The number of rotatable bonds is 4. The van der Waals surface area contributed by atoms with Crippen LogP contribution in [0.1, 0.15) is 26.2 Å². The minimum absolute atomic E-state index is 0.133. The Balaban J connectivity index is 1.55. The number of ether oxygens (including phenoxy) is 2. The SMILES string of the molecule is CCOc1ccnc(N2CCN(C(=O)C3CCCCO3)CC2)n1. The van der Waals surface area contributed by atoms with E-state index in [1.54, 1.807) is 12.3 Å². The van der Waals surface area contributed by atoms with Gasteiger partial charge in [0.25, 0.3) is 5.91 Å². The van der Waals surface area contributed by atoms with E-state index in [9.17, 15) is 4.79 Å². The maximum Gasteiger partial charge on any atom is 0.251 e. The zero-order valence-corrected chi connectivity index (χ0v) is 13.6. The van der Waals surface area contributed by atoms with Gasteiger partial charge in [-0.2, -0.15) is 4.98 Å². The second-order valence-corrected chi connectivity index (χ2v) is 5.80. The molecule has 126 valence electrons. The Labute approximate surface area is 136 Å². The number of hydrogen-bond acceptors (Lipinski definition) is 6. The lowest BCUT2D eigenvalue weighted by Gasteiger charge is -2.37. The molecule has 3 heterocycles. The van der Waals surface area contributed by atoms with E-state index in [2.05, 4.69) is 14.9 Å². The van der Waals surface area contributed by atoms with Crippen molar-refractivity contribution in [3.8, 4) is 5.88 Å². The van der Waals surface area contributed by atoms with Crippen LogP contribution >= 0.6 is 0 Å². The zero-order chi connectivity index (χ0) is 16.1. The summed E-state index contributed by atoms with van der Waals surface area (Å²) in [4.78, 5) is 25.2. The van der Waals surface area contributed by atoms with Crippen molar-refractivity contribution in [2.24, 2.45) is 0 Å². The first-order chi connectivity index (χ1) is 11.3. The number of carbonyl (C=O) groups excluding carboxylic acids is 1. The molecule has 3 rings (SSSR count). The van der Waals surface area contributed by atoms with Crippen molar-refractivity contribution < 1.29 is 14.3 Å². The Hall–Kier alpha value is -1.89. The summed E-state index contributed by atoms with van der Waals surface area (Å²) < 4.78 is 11.0. The normalized spacial score (nSPS) is 22.0. The molecule has 0 spiro atoms. The fraction of sp³-hybridized carbons (Fsp3) is 0.688. The average molecular weight is 320 g/mol. The van der Waals surface area contributed by atoms with Gasteiger partial charge in [-0.25, -0.2) is 4.98 Å². The van der Waals surface area contributed by atoms with Gasteiger partial charge in [-0.1, -0.05) is 0 Å². The summed E-state index contributed by atoms with van der Waals surface area (Å²) in [6, 6.07) is 1.76. The molecule has 1 amide bonds. The molecule has 1 atom stereocenters. The van der Waals surface area contributed by atoms with Gasteiger partial charge in [-0.15, -0.1) is 0 Å². The van der Waals surface area contributed by atoms with Crippen LogP contribution in [0, 0.1) is 0 Å². The lowest BCUT2D eigenvalue weighted by Crippen LogP contribution is -2.52. The molecule has 2 aliphatic rings. The number of amides is 1. The maximum atomic E-state index is 12.5. The van der Waals surface area contributed by atoms with Gasteiger partial charge in [0.1, 0.15) is 6.10 Å². The molecule has 0 bridgehead atoms. The van der Waals surface area contributed by atoms with Crippen molar-refractivity contribution >= 4 is 11.9 Å². The number of nitrogens with zero attached hydrogens (tertiary/aromatic N) is 4. The van der Waals surface area contributed by atoms with Crippen LogP contribution < -0.4 is 9.64 Å². The summed E-state index contributed by atoms with van der Waals surface area (Å²) in [6.07, 6.45) is 4.45. The highest BCUT2D eigenvalue weighted by Crippen LogP contribution is 2.18. The molecular weight excluding hydrogens is 296 g/mol. The molecule has 7 heteroatoms. The second-order valence-electron chi connectivity index (χ2n) is 5.80. The van der Waals surface area contributed by atoms with Gasteiger partial charge >= 0.3 is 0 Å².